The van der Waals surface area contributed by atoms with Crippen molar-refractivity contribution in [2.45, 2.75) is 24.0 Å². The van der Waals surface area contributed by atoms with Crippen LogP contribution in [0.3, 0.4) is 0 Å². The second-order valence-electron chi connectivity index (χ2n) is 2.54. The molecule has 0 spiro atoms. The molecule has 2 nitrogen and oxygen atoms in total. The highest BCUT2D eigenvalue weighted by Gasteiger charge is 2.81. The van der Waals surface area contributed by atoms with Crippen LogP contribution in [0.2, 0.25) is 0 Å². The molecule has 0 aliphatic heterocycles. The summed E-state index contributed by atoms with van der Waals surface area (Å²) in [5, 5.41) is 8.84. The normalized spacial score (nSPS) is 73.0. The number of fused-ring (bicyclic) bond motifs is 1. The van der Waals surface area contributed by atoms with Gasteiger partial charge in [-0.3, -0.25) is 0 Å². The Labute approximate surface area is 36.0 Å². The summed E-state index contributed by atoms with van der Waals surface area (Å²) in [6.45, 7) is 0. The second-order valence-corrected chi connectivity index (χ2v) is 2.54. The topological polar surface area (TPSA) is 46.2 Å². The van der Waals surface area contributed by atoms with E-state index in [0.29, 0.717) is 0 Å². The number of aliphatic hydroxyl groups is 1. The van der Waals surface area contributed by atoms with Crippen molar-refractivity contribution in [2.75, 3.05) is 0 Å². The molecule has 0 heterocycles. The Morgan fingerprint density at radius 2 is 1.67 bits per heavy atom. The summed E-state index contributed by atoms with van der Waals surface area (Å²) in [7, 11) is 0. The second kappa shape index (κ2) is 0.390. The molecule has 0 radical (unpaired) electrons. The van der Waals surface area contributed by atoms with E-state index in [1.54, 1.807) is 0 Å². The van der Waals surface area contributed by atoms with Gasteiger partial charge in [0.1, 0.15) is 0 Å². The maximum absolute atomic E-state index is 8.84. The highest BCUT2D eigenvalue weighted by Crippen LogP contribution is 2.68. The quantitative estimate of drug-likeness (QED) is 0.405. The fourth-order valence-corrected chi connectivity index (χ4v) is 0.904. The zero-order valence-corrected chi connectivity index (χ0v) is 3.44. The van der Waals surface area contributed by atoms with E-state index in [1.807, 2.05) is 0 Å². The van der Waals surface area contributed by atoms with Gasteiger partial charge in [0.2, 0.25) is 0 Å². The third-order valence-electron chi connectivity index (χ3n) is 1.89. The van der Waals surface area contributed by atoms with Crippen LogP contribution in [0.5, 0.6) is 0 Å². The molecule has 2 aliphatic carbocycles. The van der Waals surface area contributed by atoms with Gasteiger partial charge in [-0.25, -0.2) is 0 Å². The van der Waals surface area contributed by atoms with Crippen molar-refractivity contribution < 1.29 is 5.11 Å². The third-order valence-corrected chi connectivity index (χ3v) is 1.89. The first-order chi connectivity index (χ1) is 2.66. The molecule has 0 atom stereocenters. The van der Waals surface area contributed by atoms with Crippen molar-refractivity contribution in [2.24, 2.45) is 5.73 Å². The Kier molecular flexibility index (Phi) is 0.195. The molecule has 3 N–H and O–H groups in total. The summed E-state index contributed by atoms with van der Waals surface area (Å²) in [5.41, 5.74) is 4.97. The summed E-state index contributed by atoms with van der Waals surface area (Å²) in [4.78, 5) is 0. The molecule has 0 unspecified atom stereocenters. The van der Waals surface area contributed by atoms with E-state index < -0.39 is 0 Å². The maximum Gasteiger partial charge on any atom is 0.0865 e. The maximum atomic E-state index is 8.84. The van der Waals surface area contributed by atoms with E-state index in [0.717, 1.165) is 12.8 Å². The van der Waals surface area contributed by atoms with E-state index in [2.05, 4.69) is 0 Å². The lowest BCUT2D eigenvalue weighted by atomic mass is 10.4. The first kappa shape index (κ1) is 2.99. The van der Waals surface area contributed by atoms with Crippen LogP contribution in [-0.4, -0.2) is 16.2 Å². The van der Waals surface area contributed by atoms with Crippen LogP contribution in [0, 0.1) is 0 Å². The minimum absolute atomic E-state index is 0.0903. The molecule has 0 amide bonds. The Morgan fingerprint density at radius 1 is 1.50 bits per heavy atom. The van der Waals surface area contributed by atoms with E-state index in [-0.39, 0.29) is 11.1 Å². The van der Waals surface area contributed by atoms with Crippen molar-refractivity contribution in [3.63, 3.8) is 0 Å². The fourth-order valence-electron chi connectivity index (χ4n) is 0.904. The SMILES string of the molecule is NC12CC1(O)C2. The van der Waals surface area contributed by atoms with Crippen LogP contribution >= 0.6 is 0 Å². The summed E-state index contributed by atoms with van der Waals surface area (Å²) in [6.07, 6.45) is 1.69. The standard InChI is InChI=1S/C4H7NO/c5-3-1-4(3,6)2-3/h6H,1-2,5H2. The Morgan fingerprint density at radius 3 is 1.67 bits per heavy atom. The van der Waals surface area contributed by atoms with Gasteiger partial charge in [0.25, 0.3) is 0 Å². The van der Waals surface area contributed by atoms with Crippen LogP contribution in [0.1, 0.15) is 12.8 Å². The molecule has 0 aromatic rings. The Hall–Kier alpha value is -0.0800. The van der Waals surface area contributed by atoms with Crippen LogP contribution in [-0.2, 0) is 0 Å². The van der Waals surface area contributed by atoms with Gasteiger partial charge in [-0.2, -0.15) is 0 Å². The minimum atomic E-state index is -0.368. The van der Waals surface area contributed by atoms with Crippen molar-refractivity contribution in [3.05, 3.63) is 0 Å². The van der Waals surface area contributed by atoms with Crippen molar-refractivity contribution >= 4 is 0 Å². The highest BCUT2D eigenvalue weighted by molar-refractivity contribution is 5.39. The first-order valence-corrected chi connectivity index (χ1v) is 2.18. The van der Waals surface area contributed by atoms with Crippen molar-refractivity contribution in [1.82, 2.24) is 0 Å². The predicted molar refractivity (Wildman–Crippen MR) is 21.1 cm³/mol. The first-order valence-electron chi connectivity index (χ1n) is 2.18. The molecular weight excluding hydrogens is 78.0 g/mol. The van der Waals surface area contributed by atoms with E-state index >= 15 is 0 Å². The molecular formula is C4H7NO. The molecule has 0 aromatic carbocycles. The van der Waals surface area contributed by atoms with E-state index in [9.17, 15) is 0 Å². The van der Waals surface area contributed by atoms with E-state index in [4.69, 9.17) is 10.8 Å². The summed E-state index contributed by atoms with van der Waals surface area (Å²) in [6, 6.07) is 0. The number of nitrogens with two attached hydrogens (primary N) is 1. The highest BCUT2D eigenvalue weighted by atomic mass is 16.3. The summed E-state index contributed by atoms with van der Waals surface area (Å²) in [5.74, 6) is 0. The molecule has 2 heteroatoms. The third kappa shape index (κ3) is 0.117. The van der Waals surface area contributed by atoms with Crippen LogP contribution in [0.25, 0.3) is 0 Å². The van der Waals surface area contributed by atoms with E-state index in [1.165, 1.54) is 0 Å². The van der Waals surface area contributed by atoms with Crippen LogP contribution in [0.4, 0.5) is 0 Å². The molecule has 6 heavy (non-hydrogen) atoms. The van der Waals surface area contributed by atoms with Gasteiger partial charge in [-0.15, -0.1) is 0 Å². The predicted octanol–water partition coefficient (Wildman–Crippen LogP) is -0.778. The molecule has 0 bridgehead atoms. The van der Waals surface area contributed by atoms with Gasteiger partial charge in [0.05, 0.1) is 11.1 Å². The monoisotopic (exact) mass is 85.1 g/mol. The lowest BCUT2D eigenvalue weighted by Crippen LogP contribution is -2.08. The number of rotatable bonds is 0. The molecule has 2 saturated carbocycles. The van der Waals surface area contributed by atoms with Gasteiger partial charge < -0.3 is 10.8 Å². The number of hydrogen-bond donors (Lipinski definition) is 2. The zero-order chi connectivity index (χ0) is 4.41. The summed E-state index contributed by atoms with van der Waals surface area (Å²) < 4.78 is 0. The largest absolute Gasteiger partial charge is 0.388 e. The van der Waals surface area contributed by atoms with Crippen LogP contribution in [0.15, 0.2) is 0 Å². The molecule has 34 valence electrons. The Bertz CT molecular complexity index is 92.1. The number of hydrogen-bond acceptors (Lipinski definition) is 2. The lowest BCUT2D eigenvalue weighted by molar-refractivity contribution is 0.212. The molecule has 0 saturated heterocycles. The lowest BCUT2D eigenvalue weighted by Gasteiger charge is -1.82. The van der Waals surface area contributed by atoms with Crippen molar-refractivity contribution in [1.29, 1.82) is 0 Å². The molecule has 2 fully saturated rings. The van der Waals surface area contributed by atoms with Gasteiger partial charge >= 0.3 is 0 Å². The smallest absolute Gasteiger partial charge is 0.0865 e. The zero-order valence-electron chi connectivity index (χ0n) is 3.44. The van der Waals surface area contributed by atoms with Gasteiger partial charge in [0.15, 0.2) is 0 Å². The van der Waals surface area contributed by atoms with Crippen molar-refractivity contribution in [3.8, 4) is 0 Å². The minimum Gasteiger partial charge on any atom is -0.388 e. The summed E-state index contributed by atoms with van der Waals surface area (Å²) >= 11 is 0. The average molecular weight is 85.1 g/mol. The van der Waals surface area contributed by atoms with Gasteiger partial charge in [-0.05, 0) is 12.8 Å². The molecule has 2 aliphatic rings. The fraction of sp³-hybridized carbons (Fsp3) is 1.00. The molecule has 2 rings (SSSR count). The molecule has 0 aromatic heterocycles. The van der Waals surface area contributed by atoms with Gasteiger partial charge in [-0.1, -0.05) is 0 Å². The van der Waals surface area contributed by atoms with Crippen LogP contribution < -0.4 is 5.73 Å². The Balaban J connectivity index is 2.34. The average Bonchev–Trinajstić information content (AvgIpc) is 1.78. The van der Waals surface area contributed by atoms with Gasteiger partial charge in [0, 0.05) is 0 Å².